The van der Waals surface area contributed by atoms with Gasteiger partial charge in [-0.3, -0.25) is 0 Å². The first-order valence-electron chi connectivity index (χ1n) is 5.11. The number of para-hydroxylation sites is 1. The molecule has 4 nitrogen and oxygen atoms in total. The zero-order valence-electron chi connectivity index (χ0n) is 9.36. The van der Waals surface area contributed by atoms with E-state index in [2.05, 4.69) is 11.4 Å². The Morgan fingerprint density at radius 2 is 2.25 bits per heavy atom. The van der Waals surface area contributed by atoms with Crippen LogP contribution in [0.3, 0.4) is 0 Å². The molecule has 1 atom stereocenters. The fourth-order valence-corrected chi connectivity index (χ4v) is 1.27. The molecule has 1 N–H and O–H groups in total. The zero-order valence-corrected chi connectivity index (χ0v) is 9.36. The molecule has 0 heterocycles. The minimum atomic E-state index is -0.463. The van der Waals surface area contributed by atoms with E-state index in [1.807, 2.05) is 0 Å². The number of nitriles is 1. The molecule has 0 aliphatic carbocycles. The highest BCUT2D eigenvalue weighted by atomic mass is 16.5. The summed E-state index contributed by atoms with van der Waals surface area (Å²) < 4.78 is 4.87. The molecule has 0 bridgehead atoms. The molecule has 1 unspecified atom stereocenters. The van der Waals surface area contributed by atoms with Gasteiger partial charge in [-0.15, -0.1) is 0 Å². The van der Waals surface area contributed by atoms with Crippen molar-refractivity contribution < 1.29 is 9.53 Å². The van der Waals surface area contributed by atoms with Crippen LogP contribution < -0.4 is 5.32 Å². The molecule has 1 aromatic rings. The second-order valence-electron chi connectivity index (χ2n) is 3.28. The summed E-state index contributed by atoms with van der Waals surface area (Å²) in [5.74, 6) is -0.324. The number of ether oxygens (including phenoxy) is 1. The van der Waals surface area contributed by atoms with Crippen LogP contribution in [0.1, 0.15) is 19.4 Å². The minimum Gasteiger partial charge on any atom is -0.464 e. The van der Waals surface area contributed by atoms with E-state index in [1.165, 1.54) is 0 Å². The highest BCUT2D eigenvalue weighted by molar-refractivity contribution is 5.79. The van der Waals surface area contributed by atoms with Crippen molar-refractivity contribution in [1.29, 1.82) is 5.26 Å². The van der Waals surface area contributed by atoms with Crippen molar-refractivity contribution >= 4 is 11.7 Å². The lowest BCUT2D eigenvalue weighted by Crippen LogP contribution is -2.28. The average Bonchev–Trinajstić information content (AvgIpc) is 2.30. The number of carbonyl (C=O) groups excluding carboxylic acids is 1. The number of carbonyl (C=O) groups is 1. The van der Waals surface area contributed by atoms with Crippen molar-refractivity contribution in [3.8, 4) is 6.07 Å². The van der Waals surface area contributed by atoms with Gasteiger partial charge in [-0.1, -0.05) is 12.1 Å². The summed E-state index contributed by atoms with van der Waals surface area (Å²) in [6.07, 6.45) is 0. The van der Waals surface area contributed by atoms with Gasteiger partial charge in [-0.05, 0) is 26.0 Å². The van der Waals surface area contributed by atoms with Crippen LogP contribution in [0.5, 0.6) is 0 Å². The van der Waals surface area contributed by atoms with E-state index in [4.69, 9.17) is 10.00 Å². The fraction of sp³-hybridized carbons (Fsp3) is 0.333. The number of rotatable bonds is 4. The molecule has 0 aliphatic heterocycles. The largest absolute Gasteiger partial charge is 0.464 e. The molecule has 0 aliphatic rings. The topological polar surface area (TPSA) is 62.1 Å². The summed E-state index contributed by atoms with van der Waals surface area (Å²) in [6.45, 7) is 3.81. The Hall–Kier alpha value is -2.02. The van der Waals surface area contributed by atoms with E-state index < -0.39 is 6.04 Å². The highest BCUT2D eigenvalue weighted by Gasteiger charge is 2.14. The SMILES string of the molecule is CCOC(=O)C(C)Nc1ccccc1C#N. The predicted molar refractivity (Wildman–Crippen MR) is 60.9 cm³/mol. The molecule has 0 amide bonds. The molecule has 0 spiro atoms. The Morgan fingerprint density at radius 1 is 1.56 bits per heavy atom. The molecular weight excluding hydrogens is 204 g/mol. The first-order valence-corrected chi connectivity index (χ1v) is 5.11. The smallest absolute Gasteiger partial charge is 0.328 e. The van der Waals surface area contributed by atoms with Crippen molar-refractivity contribution in [1.82, 2.24) is 0 Å². The molecule has 0 saturated carbocycles. The first kappa shape index (κ1) is 12.1. The standard InChI is InChI=1S/C12H14N2O2/c1-3-16-12(15)9(2)14-11-7-5-4-6-10(11)8-13/h4-7,9,14H,3H2,1-2H3. The summed E-state index contributed by atoms with van der Waals surface area (Å²) >= 11 is 0. The van der Waals surface area contributed by atoms with Crippen molar-refractivity contribution in [2.75, 3.05) is 11.9 Å². The van der Waals surface area contributed by atoms with E-state index in [0.29, 0.717) is 17.9 Å². The molecule has 0 radical (unpaired) electrons. The maximum atomic E-state index is 11.4. The number of nitrogens with zero attached hydrogens (tertiary/aromatic N) is 1. The van der Waals surface area contributed by atoms with E-state index in [1.54, 1.807) is 38.1 Å². The monoisotopic (exact) mass is 218 g/mol. The van der Waals surface area contributed by atoms with E-state index in [9.17, 15) is 4.79 Å². The van der Waals surface area contributed by atoms with Crippen LogP contribution in [0.2, 0.25) is 0 Å². The molecule has 16 heavy (non-hydrogen) atoms. The van der Waals surface area contributed by atoms with Crippen LogP contribution in [0, 0.1) is 11.3 Å². The molecule has 1 rings (SSSR count). The third kappa shape index (κ3) is 2.99. The number of esters is 1. The summed E-state index contributed by atoms with van der Waals surface area (Å²) in [5, 5.41) is 11.8. The van der Waals surface area contributed by atoms with E-state index >= 15 is 0 Å². The van der Waals surface area contributed by atoms with Gasteiger partial charge in [0.15, 0.2) is 0 Å². The Kier molecular flexibility index (Phi) is 4.34. The summed E-state index contributed by atoms with van der Waals surface area (Å²) in [5.41, 5.74) is 1.16. The Bertz CT molecular complexity index is 410. The second-order valence-corrected chi connectivity index (χ2v) is 3.28. The first-order chi connectivity index (χ1) is 7.69. The molecule has 4 heteroatoms. The normalized spacial score (nSPS) is 11.3. The van der Waals surface area contributed by atoms with Gasteiger partial charge >= 0.3 is 5.97 Å². The van der Waals surface area contributed by atoms with E-state index in [0.717, 1.165) is 0 Å². The summed E-state index contributed by atoms with van der Waals surface area (Å²) in [7, 11) is 0. The van der Waals surface area contributed by atoms with Gasteiger partial charge in [0.05, 0.1) is 17.9 Å². The van der Waals surface area contributed by atoms with Crippen molar-refractivity contribution in [2.24, 2.45) is 0 Å². The maximum absolute atomic E-state index is 11.4. The highest BCUT2D eigenvalue weighted by Crippen LogP contribution is 2.14. The zero-order chi connectivity index (χ0) is 12.0. The van der Waals surface area contributed by atoms with Crippen LogP contribution in [-0.2, 0) is 9.53 Å². The fourth-order valence-electron chi connectivity index (χ4n) is 1.27. The van der Waals surface area contributed by atoms with Crippen LogP contribution in [0.25, 0.3) is 0 Å². The minimum absolute atomic E-state index is 0.324. The molecular formula is C12H14N2O2. The van der Waals surface area contributed by atoms with Crippen LogP contribution in [-0.4, -0.2) is 18.6 Å². The van der Waals surface area contributed by atoms with Gasteiger partial charge in [0, 0.05) is 0 Å². The molecule has 84 valence electrons. The number of benzene rings is 1. The van der Waals surface area contributed by atoms with Gasteiger partial charge in [0.2, 0.25) is 0 Å². The van der Waals surface area contributed by atoms with Crippen LogP contribution >= 0.6 is 0 Å². The lowest BCUT2D eigenvalue weighted by molar-refractivity contribution is -0.143. The number of hydrogen-bond acceptors (Lipinski definition) is 4. The summed E-state index contributed by atoms with van der Waals surface area (Å²) in [4.78, 5) is 11.4. The molecule has 0 aromatic heterocycles. The van der Waals surface area contributed by atoms with Gasteiger partial charge in [-0.25, -0.2) is 4.79 Å². The van der Waals surface area contributed by atoms with Crippen LogP contribution in [0.15, 0.2) is 24.3 Å². The number of nitrogens with one attached hydrogen (secondary N) is 1. The Labute approximate surface area is 94.8 Å². The van der Waals surface area contributed by atoms with Gasteiger partial charge < -0.3 is 10.1 Å². The Balaban J connectivity index is 2.73. The van der Waals surface area contributed by atoms with Crippen molar-refractivity contribution in [3.05, 3.63) is 29.8 Å². The third-order valence-electron chi connectivity index (χ3n) is 2.06. The molecule has 0 saturated heterocycles. The van der Waals surface area contributed by atoms with Crippen molar-refractivity contribution in [2.45, 2.75) is 19.9 Å². The second kappa shape index (κ2) is 5.76. The average molecular weight is 218 g/mol. The van der Waals surface area contributed by atoms with Crippen molar-refractivity contribution in [3.63, 3.8) is 0 Å². The molecule has 0 fully saturated rings. The Morgan fingerprint density at radius 3 is 2.88 bits per heavy atom. The summed E-state index contributed by atoms with van der Waals surface area (Å²) in [6, 6.07) is 8.63. The molecule has 1 aromatic carbocycles. The van der Waals surface area contributed by atoms with Gasteiger partial charge in [0.25, 0.3) is 0 Å². The quantitative estimate of drug-likeness (QED) is 0.784. The lowest BCUT2D eigenvalue weighted by atomic mass is 10.2. The number of hydrogen-bond donors (Lipinski definition) is 1. The number of anilines is 1. The maximum Gasteiger partial charge on any atom is 0.328 e. The van der Waals surface area contributed by atoms with E-state index in [-0.39, 0.29) is 5.97 Å². The lowest BCUT2D eigenvalue weighted by Gasteiger charge is -2.14. The van der Waals surface area contributed by atoms with Crippen LogP contribution in [0.4, 0.5) is 5.69 Å². The predicted octanol–water partition coefficient (Wildman–Crippen LogP) is 1.92. The third-order valence-corrected chi connectivity index (χ3v) is 2.06. The van der Waals surface area contributed by atoms with Gasteiger partial charge in [-0.2, -0.15) is 5.26 Å². The van der Waals surface area contributed by atoms with Gasteiger partial charge in [0.1, 0.15) is 12.1 Å².